The molecule has 0 aliphatic rings. The van der Waals surface area contributed by atoms with Gasteiger partial charge in [-0.25, -0.2) is 0 Å². The number of benzene rings is 2. The van der Waals surface area contributed by atoms with Gasteiger partial charge >= 0.3 is 0 Å². The van der Waals surface area contributed by atoms with Gasteiger partial charge in [-0.3, -0.25) is 9.59 Å². The van der Waals surface area contributed by atoms with E-state index in [1.165, 1.54) is 0 Å². The fourth-order valence-corrected chi connectivity index (χ4v) is 2.60. The Morgan fingerprint density at radius 2 is 1.61 bits per heavy atom. The lowest BCUT2D eigenvalue weighted by Crippen LogP contribution is -2.35. The van der Waals surface area contributed by atoms with Gasteiger partial charge in [0.25, 0.3) is 11.8 Å². The van der Waals surface area contributed by atoms with Crippen LogP contribution in [0.4, 0.5) is 5.69 Å². The molecule has 2 rings (SSSR count). The van der Waals surface area contributed by atoms with Crippen molar-refractivity contribution in [2.24, 2.45) is 0 Å². The number of rotatable bonds is 9. The monoisotopic (exact) mass is 384 g/mol. The van der Waals surface area contributed by atoms with E-state index >= 15 is 0 Å². The van der Waals surface area contributed by atoms with Gasteiger partial charge in [-0.15, -0.1) is 0 Å². The first-order valence-corrected chi connectivity index (χ1v) is 9.50. The number of methoxy groups -OCH3 is 1. The largest absolute Gasteiger partial charge is 0.493 e. The number of carbonyl (C=O) groups excluding carboxylic acids is 2. The molecule has 2 atom stereocenters. The van der Waals surface area contributed by atoms with E-state index < -0.39 is 6.10 Å². The summed E-state index contributed by atoms with van der Waals surface area (Å²) in [7, 11) is 1.55. The molecule has 2 N–H and O–H groups in total. The third-order valence-electron chi connectivity index (χ3n) is 4.42. The zero-order chi connectivity index (χ0) is 20.5. The first-order chi connectivity index (χ1) is 13.5. The minimum atomic E-state index is -0.720. The average Bonchev–Trinajstić information content (AvgIpc) is 2.72. The third kappa shape index (κ3) is 5.49. The van der Waals surface area contributed by atoms with Crippen molar-refractivity contribution in [3.63, 3.8) is 0 Å². The number of nitrogens with one attached hydrogen (secondary N) is 2. The van der Waals surface area contributed by atoms with Crippen molar-refractivity contribution in [1.29, 1.82) is 0 Å². The summed E-state index contributed by atoms with van der Waals surface area (Å²) in [5.41, 5.74) is 0.874. The summed E-state index contributed by atoms with van der Waals surface area (Å²) in [4.78, 5) is 25.3. The lowest BCUT2D eigenvalue weighted by atomic mass is 10.1. The van der Waals surface area contributed by atoms with Crippen LogP contribution in [0.25, 0.3) is 0 Å². The number of hydrogen-bond donors (Lipinski definition) is 2. The van der Waals surface area contributed by atoms with E-state index in [0.717, 1.165) is 6.42 Å². The fourth-order valence-electron chi connectivity index (χ4n) is 2.60. The van der Waals surface area contributed by atoms with Crippen LogP contribution in [0.15, 0.2) is 48.5 Å². The Morgan fingerprint density at radius 3 is 2.25 bits per heavy atom. The Kier molecular flexibility index (Phi) is 7.87. The van der Waals surface area contributed by atoms with Crippen molar-refractivity contribution in [2.75, 3.05) is 12.4 Å². The van der Waals surface area contributed by atoms with Crippen molar-refractivity contribution in [2.45, 2.75) is 45.8 Å². The summed E-state index contributed by atoms with van der Waals surface area (Å²) in [6.45, 7) is 5.80. The first kappa shape index (κ1) is 21.3. The highest BCUT2D eigenvalue weighted by molar-refractivity contribution is 6.04. The number of carbonyl (C=O) groups is 2. The maximum absolute atomic E-state index is 12.8. The van der Waals surface area contributed by atoms with E-state index in [1.54, 1.807) is 43.5 Å². The van der Waals surface area contributed by atoms with Gasteiger partial charge in [0.15, 0.2) is 17.6 Å². The summed E-state index contributed by atoms with van der Waals surface area (Å²) >= 11 is 0. The predicted octanol–water partition coefficient (Wildman–Crippen LogP) is 4.02. The van der Waals surface area contributed by atoms with Crippen LogP contribution in [-0.4, -0.2) is 31.1 Å². The van der Waals surface area contributed by atoms with Gasteiger partial charge < -0.3 is 20.1 Å². The molecule has 0 aromatic heterocycles. The molecule has 0 heterocycles. The smallest absolute Gasteiger partial charge is 0.265 e. The van der Waals surface area contributed by atoms with Gasteiger partial charge in [0.1, 0.15) is 0 Å². The lowest BCUT2D eigenvalue weighted by molar-refractivity contribution is -0.122. The van der Waals surface area contributed by atoms with Crippen molar-refractivity contribution in [3.05, 3.63) is 54.1 Å². The highest BCUT2D eigenvalue weighted by Gasteiger charge is 2.22. The number of anilines is 1. The van der Waals surface area contributed by atoms with Crippen LogP contribution in [-0.2, 0) is 4.79 Å². The Hall–Kier alpha value is -3.02. The molecule has 6 nitrogen and oxygen atoms in total. The molecule has 0 aliphatic heterocycles. The van der Waals surface area contributed by atoms with E-state index in [9.17, 15) is 9.59 Å². The average molecular weight is 384 g/mol. The molecule has 0 unspecified atom stereocenters. The lowest BCUT2D eigenvalue weighted by Gasteiger charge is -2.20. The molecule has 150 valence electrons. The molecule has 0 saturated carbocycles. The minimum absolute atomic E-state index is 0.0496. The molecule has 0 radical (unpaired) electrons. The van der Waals surface area contributed by atoms with Crippen LogP contribution in [0.1, 0.15) is 44.0 Å². The number of para-hydroxylation sites is 3. The number of amides is 2. The standard InChI is InChI=1S/C22H28N2O4/c1-5-15(3)23-21(25)16-11-7-8-12-17(16)24-22(26)18(6-2)28-20-14-10-9-13-19(20)27-4/h7-15,18H,5-6H2,1-4H3,(H,23,25)(H,24,26)/t15-,18-/m1/s1. The zero-order valence-corrected chi connectivity index (χ0v) is 16.8. The zero-order valence-electron chi connectivity index (χ0n) is 16.8. The molecule has 2 aromatic rings. The summed E-state index contributed by atoms with van der Waals surface area (Å²) in [6.07, 6.45) is 0.567. The van der Waals surface area contributed by atoms with Crippen LogP contribution in [0.3, 0.4) is 0 Å². The number of ether oxygens (including phenoxy) is 2. The molecule has 0 fully saturated rings. The second kappa shape index (κ2) is 10.3. The van der Waals surface area contributed by atoms with E-state index in [2.05, 4.69) is 10.6 Å². The van der Waals surface area contributed by atoms with Crippen LogP contribution in [0.5, 0.6) is 11.5 Å². The highest BCUT2D eigenvalue weighted by atomic mass is 16.5. The Morgan fingerprint density at radius 1 is 0.964 bits per heavy atom. The molecule has 2 amide bonds. The summed E-state index contributed by atoms with van der Waals surface area (Å²) in [5, 5.41) is 5.75. The van der Waals surface area contributed by atoms with Crippen LogP contribution >= 0.6 is 0 Å². The molecule has 0 aliphatic carbocycles. The van der Waals surface area contributed by atoms with Gasteiger partial charge in [-0.2, -0.15) is 0 Å². The van der Waals surface area contributed by atoms with E-state index in [0.29, 0.717) is 29.2 Å². The Balaban J connectivity index is 2.15. The highest BCUT2D eigenvalue weighted by Crippen LogP contribution is 2.27. The normalized spacial score (nSPS) is 12.6. The van der Waals surface area contributed by atoms with Crippen molar-refractivity contribution in [3.8, 4) is 11.5 Å². The summed E-state index contributed by atoms with van der Waals surface area (Å²) < 4.78 is 11.1. The molecule has 0 bridgehead atoms. The maximum atomic E-state index is 12.8. The second-order valence-corrected chi connectivity index (χ2v) is 6.48. The van der Waals surface area contributed by atoms with E-state index in [-0.39, 0.29) is 17.9 Å². The Bertz CT molecular complexity index is 807. The van der Waals surface area contributed by atoms with E-state index in [1.807, 2.05) is 32.9 Å². The Labute approximate surface area is 166 Å². The van der Waals surface area contributed by atoms with Gasteiger partial charge in [0, 0.05) is 6.04 Å². The quantitative estimate of drug-likeness (QED) is 0.685. The van der Waals surface area contributed by atoms with Crippen LogP contribution < -0.4 is 20.1 Å². The van der Waals surface area contributed by atoms with Gasteiger partial charge in [-0.1, -0.05) is 38.1 Å². The minimum Gasteiger partial charge on any atom is -0.493 e. The van der Waals surface area contributed by atoms with Gasteiger partial charge in [0.2, 0.25) is 0 Å². The van der Waals surface area contributed by atoms with Gasteiger partial charge in [0.05, 0.1) is 18.4 Å². The second-order valence-electron chi connectivity index (χ2n) is 6.48. The summed E-state index contributed by atoms with van der Waals surface area (Å²) in [5.74, 6) is 0.512. The van der Waals surface area contributed by atoms with Crippen LogP contribution in [0, 0.1) is 0 Å². The predicted molar refractivity (Wildman–Crippen MR) is 110 cm³/mol. The van der Waals surface area contributed by atoms with Crippen molar-refractivity contribution >= 4 is 17.5 Å². The number of hydrogen-bond acceptors (Lipinski definition) is 4. The molecular weight excluding hydrogens is 356 g/mol. The fraction of sp³-hybridized carbons (Fsp3) is 0.364. The molecule has 6 heteroatoms. The topological polar surface area (TPSA) is 76.7 Å². The van der Waals surface area contributed by atoms with Crippen molar-refractivity contribution in [1.82, 2.24) is 5.32 Å². The summed E-state index contributed by atoms with van der Waals surface area (Å²) in [6, 6.07) is 14.2. The van der Waals surface area contributed by atoms with Gasteiger partial charge in [-0.05, 0) is 44.0 Å². The third-order valence-corrected chi connectivity index (χ3v) is 4.42. The molecule has 2 aromatic carbocycles. The molecule has 0 saturated heterocycles. The molecular formula is C22H28N2O4. The first-order valence-electron chi connectivity index (χ1n) is 9.50. The van der Waals surface area contributed by atoms with Crippen molar-refractivity contribution < 1.29 is 19.1 Å². The molecule has 28 heavy (non-hydrogen) atoms. The maximum Gasteiger partial charge on any atom is 0.265 e. The van der Waals surface area contributed by atoms with Crippen LogP contribution in [0.2, 0.25) is 0 Å². The molecule has 0 spiro atoms. The van der Waals surface area contributed by atoms with E-state index in [4.69, 9.17) is 9.47 Å². The SMILES string of the molecule is CC[C@@H](C)NC(=O)c1ccccc1NC(=O)[C@@H](CC)Oc1ccccc1OC.